The minimum absolute atomic E-state index is 0.478. The molecule has 0 aliphatic rings. The van der Waals surface area contributed by atoms with Crippen LogP contribution in [0.3, 0.4) is 0 Å². The molecular formula is C17H20N4. The van der Waals surface area contributed by atoms with Gasteiger partial charge in [0.25, 0.3) is 0 Å². The number of rotatable bonds is 5. The molecule has 4 heteroatoms. The number of nitrogens with zero attached hydrogens (tertiary/aromatic N) is 3. The number of nitrogens with two attached hydrogens (primary N) is 1. The Morgan fingerprint density at radius 2 is 1.86 bits per heavy atom. The van der Waals surface area contributed by atoms with E-state index in [0.717, 1.165) is 30.2 Å². The molecule has 2 aromatic heterocycles. The maximum absolute atomic E-state index is 5.96. The normalized spacial score (nSPS) is 11.0. The van der Waals surface area contributed by atoms with Gasteiger partial charge in [-0.2, -0.15) is 0 Å². The molecule has 2 N–H and O–H groups in total. The Hall–Kier alpha value is -2.33. The van der Waals surface area contributed by atoms with Gasteiger partial charge in [-0.3, -0.25) is 0 Å². The summed E-state index contributed by atoms with van der Waals surface area (Å²) in [5.74, 6) is 0.982. The van der Waals surface area contributed by atoms with Gasteiger partial charge in [-0.1, -0.05) is 36.4 Å². The summed E-state index contributed by atoms with van der Waals surface area (Å²) in [6.45, 7) is 4.36. The first kappa shape index (κ1) is 13.6. The second-order valence-electron chi connectivity index (χ2n) is 5.01. The van der Waals surface area contributed by atoms with Crippen molar-refractivity contribution in [1.29, 1.82) is 0 Å². The summed E-state index contributed by atoms with van der Waals surface area (Å²) in [5.41, 5.74) is 9.24. The second kappa shape index (κ2) is 5.97. The summed E-state index contributed by atoms with van der Waals surface area (Å²) in [6.07, 6.45) is 2.02. The van der Waals surface area contributed by atoms with Gasteiger partial charge >= 0.3 is 0 Å². The Bertz CT molecular complexity index is 718. The van der Waals surface area contributed by atoms with E-state index in [1.807, 2.05) is 30.5 Å². The van der Waals surface area contributed by atoms with Gasteiger partial charge in [0.2, 0.25) is 0 Å². The van der Waals surface area contributed by atoms with Crippen LogP contribution in [-0.4, -0.2) is 15.9 Å². The zero-order chi connectivity index (χ0) is 14.7. The van der Waals surface area contributed by atoms with Crippen LogP contribution in [0.1, 0.15) is 18.2 Å². The topological polar surface area (TPSA) is 46.6 Å². The number of benzene rings is 1. The van der Waals surface area contributed by atoms with Gasteiger partial charge in [0, 0.05) is 25.8 Å². The van der Waals surface area contributed by atoms with Crippen molar-refractivity contribution in [2.24, 2.45) is 5.73 Å². The fraction of sp³-hybridized carbons (Fsp3) is 0.235. The molecule has 3 rings (SSSR count). The van der Waals surface area contributed by atoms with Gasteiger partial charge in [0.15, 0.2) is 5.82 Å². The number of fused-ring (bicyclic) bond motifs is 1. The lowest BCUT2D eigenvalue weighted by atomic mass is 10.2. The monoisotopic (exact) mass is 280 g/mol. The fourth-order valence-corrected chi connectivity index (χ4v) is 2.62. The third-order valence-electron chi connectivity index (χ3n) is 3.70. The maximum atomic E-state index is 5.96. The molecule has 108 valence electrons. The molecule has 0 spiro atoms. The Morgan fingerprint density at radius 3 is 2.57 bits per heavy atom. The number of hydrogen-bond acceptors (Lipinski definition) is 3. The van der Waals surface area contributed by atoms with Gasteiger partial charge in [-0.05, 0) is 24.6 Å². The molecule has 3 aromatic rings. The first-order valence-corrected chi connectivity index (χ1v) is 7.28. The smallest absolute Gasteiger partial charge is 0.152 e. The van der Waals surface area contributed by atoms with Crippen molar-refractivity contribution in [3.63, 3.8) is 0 Å². The van der Waals surface area contributed by atoms with Crippen molar-refractivity contribution in [3.05, 3.63) is 66.0 Å². The van der Waals surface area contributed by atoms with Crippen LogP contribution in [0.5, 0.6) is 0 Å². The van der Waals surface area contributed by atoms with Crippen LogP contribution in [-0.2, 0) is 13.1 Å². The SMILES string of the molecule is CCN(Cc1ccccc1)c1nc2ccccn2c1CN. The largest absolute Gasteiger partial charge is 0.351 e. The Labute approximate surface area is 124 Å². The molecule has 0 amide bonds. The molecule has 0 saturated heterocycles. The van der Waals surface area contributed by atoms with E-state index in [1.54, 1.807) is 0 Å². The van der Waals surface area contributed by atoms with Crippen molar-refractivity contribution >= 4 is 11.5 Å². The highest BCUT2D eigenvalue weighted by Gasteiger charge is 2.16. The Balaban J connectivity index is 2.00. The summed E-state index contributed by atoms with van der Waals surface area (Å²) in [5, 5.41) is 0. The number of hydrogen-bond donors (Lipinski definition) is 1. The summed E-state index contributed by atoms with van der Waals surface area (Å²) in [6, 6.07) is 16.5. The van der Waals surface area contributed by atoms with Gasteiger partial charge < -0.3 is 15.0 Å². The highest BCUT2D eigenvalue weighted by molar-refractivity contribution is 5.56. The minimum atomic E-state index is 0.478. The van der Waals surface area contributed by atoms with Crippen molar-refractivity contribution in [3.8, 4) is 0 Å². The molecule has 4 nitrogen and oxygen atoms in total. The lowest BCUT2D eigenvalue weighted by Crippen LogP contribution is -2.24. The molecular weight excluding hydrogens is 260 g/mol. The van der Waals surface area contributed by atoms with Crippen molar-refractivity contribution < 1.29 is 0 Å². The first-order chi connectivity index (χ1) is 10.3. The first-order valence-electron chi connectivity index (χ1n) is 7.28. The van der Waals surface area contributed by atoms with Crippen LogP contribution < -0.4 is 10.6 Å². The predicted molar refractivity (Wildman–Crippen MR) is 86.2 cm³/mol. The van der Waals surface area contributed by atoms with Crippen molar-refractivity contribution in [1.82, 2.24) is 9.38 Å². The number of pyridine rings is 1. The van der Waals surface area contributed by atoms with E-state index in [9.17, 15) is 0 Å². The van der Waals surface area contributed by atoms with Gasteiger partial charge in [0.1, 0.15) is 5.65 Å². The number of anilines is 1. The summed E-state index contributed by atoms with van der Waals surface area (Å²) < 4.78 is 2.07. The molecule has 0 atom stereocenters. The second-order valence-corrected chi connectivity index (χ2v) is 5.01. The van der Waals surface area contributed by atoms with Crippen LogP contribution in [0.25, 0.3) is 5.65 Å². The van der Waals surface area contributed by atoms with Crippen molar-refractivity contribution in [2.45, 2.75) is 20.0 Å². The molecule has 0 unspecified atom stereocenters. The molecule has 2 heterocycles. The zero-order valence-corrected chi connectivity index (χ0v) is 12.2. The molecule has 0 saturated carbocycles. The fourth-order valence-electron chi connectivity index (χ4n) is 2.62. The predicted octanol–water partition coefficient (Wildman–Crippen LogP) is 2.82. The number of aromatic nitrogens is 2. The van der Waals surface area contributed by atoms with Crippen molar-refractivity contribution in [2.75, 3.05) is 11.4 Å². The maximum Gasteiger partial charge on any atom is 0.152 e. The van der Waals surface area contributed by atoms with Crippen LogP contribution >= 0.6 is 0 Å². The Morgan fingerprint density at radius 1 is 1.10 bits per heavy atom. The van der Waals surface area contributed by atoms with E-state index in [2.05, 4.69) is 40.5 Å². The molecule has 0 radical (unpaired) electrons. The summed E-state index contributed by atoms with van der Waals surface area (Å²) >= 11 is 0. The van der Waals surface area contributed by atoms with E-state index in [4.69, 9.17) is 10.7 Å². The summed E-state index contributed by atoms with van der Waals surface area (Å²) in [7, 11) is 0. The third-order valence-corrected chi connectivity index (χ3v) is 3.70. The Kier molecular flexibility index (Phi) is 3.88. The van der Waals surface area contributed by atoms with E-state index in [-0.39, 0.29) is 0 Å². The number of imidazole rings is 1. The molecule has 0 bridgehead atoms. The van der Waals surface area contributed by atoms with Gasteiger partial charge in [0.05, 0.1) is 5.69 Å². The minimum Gasteiger partial charge on any atom is -0.351 e. The van der Waals surface area contributed by atoms with Crippen LogP contribution in [0.2, 0.25) is 0 Å². The van der Waals surface area contributed by atoms with Crippen LogP contribution in [0.4, 0.5) is 5.82 Å². The van der Waals surface area contributed by atoms with Crippen LogP contribution in [0.15, 0.2) is 54.7 Å². The lowest BCUT2D eigenvalue weighted by Gasteiger charge is -2.22. The van der Waals surface area contributed by atoms with Gasteiger partial charge in [-0.25, -0.2) is 4.98 Å². The third kappa shape index (κ3) is 2.62. The highest BCUT2D eigenvalue weighted by Crippen LogP contribution is 2.23. The van der Waals surface area contributed by atoms with Gasteiger partial charge in [-0.15, -0.1) is 0 Å². The standard InChI is InChI=1S/C17H20N4/c1-2-20(13-14-8-4-3-5-9-14)17-15(12-18)21-11-7-6-10-16(21)19-17/h3-11H,2,12-13,18H2,1H3. The summed E-state index contributed by atoms with van der Waals surface area (Å²) in [4.78, 5) is 7.03. The molecule has 1 aromatic carbocycles. The van der Waals surface area contributed by atoms with Crippen LogP contribution in [0, 0.1) is 0 Å². The average Bonchev–Trinajstić information content (AvgIpc) is 2.92. The lowest BCUT2D eigenvalue weighted by molar-refractivity contribution is 0.803. The van der Waals surface area contributed by atoms with E-state index >= 15 is 0 Å². The molecule has 0 aliphatic carbocycles. The van der Waals surface area contributed by atoms with E-state index < -0.39 is 0 Å². The molecule has 0 fully saturated rings. The quantitative estimate of drug-likeness (QED) is 0.781. The molecule has 0 aliphatic heterocycles. The average molecular weight is 280 g/mol. The zero-order valence-electron chi connectivity index (χ0n) is 12.2. The van der Waals surface area contributed by atoms with E-state index in [0.29, 0.717) is 6.54 Å². The van der Waals surface area contributed by atoms with E-state index in [1.165, 1.54) is 5.56 Å². The highest BCUT2D eigenvalue weighted by atomic mass is 15.2. The molecule has 21 heavy (non-hydrogen) atoms.